The van der Waals surface area contributed by atoms with E-state index in [2.05, 4.69) is 17.3 Å². The van der Waals surface area contributed by atoms with Crippen LogP contribution in [-0.4, -0.2) is 25.0 Å². The molecular formula is C10H12N4O4S2. The molecule has 10 heteroatoms. The molecule has 0 bridgehead atoms. The predicted molar refractivity (Wildman–Crippen MR) is 77.4 cm³/mol. The molecule has 0 aliphatic rings. The third kappa shape index (κ3) is 4.57. The van der Waals surface area contributed by atoms with E-state index in [1.807, 2.05) is 4.83 Å². The van der Waals surface area contributed by atoms with Crippen LogP contribution in [0.3, 0.4) is 0 Å². The van der Waals surface area contributed by atoms with Crippen LogP contribution in [0.4, 0.5) is 5.69 Å². The number of non-ortho nitro benzene ring substituents is 1. The number of hydrazine groups is 1. The number of nitro benzene ring substituents is 1. The fourth-order valence-electron chi connectivity index (χ4n) is 1.15. The summed E-state index contributed by atoms with van der Waals surface area (Å²) in [6.45, 7) is 3.83. The van der Waals surface area contributed by atoms with Gasteiger partial charge in [-0.1, -0.05) is 12.1 Å². The standard InChI is InChI=1S/C10H12N4O4S2/c1-2-6-11-10(19)12-13-20(17,18)9-5-3-4-8(7-9)14(15)16/h2-5,7,13H,1,6H2,(H2,11,12,19). The highest BCUT2D eigenvalue weighted by molar-refractivity contribution is 7.89. The number of nitro groups is 1. The van der Waals surface area contributed by atoms with Gasteiger partial charge in [-0.15, -0.1) is 11.4 Å². The third-order valence-corrected chi connectivity index (χ3v) is 3.54. The van der Waals surface area contributed by atoms with Crippen LogP contribution >= 0.6 is 12.2 Å². The minimum absolute atomic E-state index is 0.0545. The Labute approximate surface area is 121 Å². The van der Waals surface area contributed by atoms with Gasteiger partial charge in [0.2, 0.25) is 0 Å². The molecule has 0 unspecified atom stereocenters. The highest BCUT2D eigenvalue weighted by Gasteiger charge is 2.17. The zero-order chi connectivity index (χ0) is 15.2. The molecule has 0 radical (unpaired) electrons. The number of hydrogen-bond acceptors (Lipinski definition) is 5. The maximum absolute atomic E-state index is 11.9. The second-order valence-corrected chi connectivity index (χ2v) is 5.57. The molecule has 8 nitrogen and oxygen atoms in total. The quantitative estimate of drug-likeness (QED) is 0.302. The van der Waals surface area contributed by atoms with E-state index in [-0.39, 0.29) is 15.7 Å². The van der Waals surface area contributed by atoms with Gasteiger partial charge in [-0.25, -0.2) is 8.42 Å². The normalized spacial score (nSPS) is 10.6. The van der Waals surface area contributed by atoms with Gasteiger partial charge in [0.05, 0.1) is 9.82 Å². The lowest BCUT2D eigenvalue weighted by molar-refractivity contribution is -0.385. The molecule has 3 N–H and O–H groups in total. The molecule has 0 fully saturated rings. The highest BCUT2D eigenvalue weighted by Crippen LogP contribution is 2.16. The largest absolute Gasteiger partial charge is 0.358 e. The fourth-order valence-corrected chi connectivity index (χ4v) is 2.23. The molecule has 0 aromatic heterocycles. The molecule has 0 saturated heterocycles. The number of benzene rings is 1. The number of rotatable bonds is 6. The van der Waals surface area contributed by atoms with Crippen molar-refractivity contribution < 1.29 is 13.3 Å². The topological polar surface area (TPSA) is 113 Å². The van der Waals surface area contributed by atoms with E-state index >= 15 is 0 Å². The second kappa shape index (κ2) is 6.93. The van der Waals surface area contributed by atoms with Crippen molar-refractivity contribution in [1.82, 2.24) is 15.6 Å². The Morgan fingerprint density at radius 1 is 1.50 bits per heavy atom. The number of nitrogens with one attached hydrogen (secondary N) is 3. The summed E-state index contributed by atoms with van der Waals surface area (Å²) in [5.41, 5.74) is 1.95. The van der Waals surface area contributed by atoms with Crippen LogP contribution in [0.25, 0.3) is 0 Å². The van der Waals surface area contributed by atoms with Crippen LogP contribution < -0.4 is 15.6 Å². The van der Waals surface area contributed by atoms with E-state index in [9.17, 15) is 18.5 Å². The van der Waals surface area contributed by atoms with Gasteiger partial charge in [0.15, 0.2) is 5.11 Å². The average Bonchev–Trinajstić information content (AvgIpc) is 2.43. The van der Waals surface area contributed by atoms with Gasteiger partial charge >= 0.3 is 0 Å². The molecule has 0 atom stereocenters. The molecule has 108 valence electrons. The molecular weight excluding hydrogens is 304 g/mol. The molecule has 0 saturated carbocycles. The molecule has 0 heterocycles. The van der Waals surface area contributed by atoms with E-state index in [0.717, 1.165) is 6.07 Å². The van der Waals surface area contributed by atoms with Crippen molar-refractivity contribution >= 4 is 33.0 Å². The minimum atomic E-state index is -3.96. The SMILES string of the molecule is C=CCNC(=S)NNS(=O)(=O)c1cccc([N+](=O)[O-])c1. The molecule has 1 aromatic carbocycles. The van der Waals surface area contributed by atoms with Gasteiger partial charge in [0.25, 0.3) is 15.7 Å². The molecule has 20 heavy (non-hydrogen) atoms. The van der Waals surface area contributed by atoms with Crippen LogP contribution in [0.2, 0.25) is 0 Å². The zero-order valence-electron chi connectivity index (χ0n) is 10.2. The van der Waals surface area contributed by atoms with E-state index < -0.39 is 14.9 Å². The van der Waals surface area contributed by atoms with Crippen molar-refractivity contribution in [2.45, 2.75) is 4.90 Å². The van der Waals surface area contributed by atoms with Gasteiger partial charge in [-0.3, -0.25) is 15.5 Å². The van der Waals surface area contributed by atoms with Crippen molar-refractivity contribution in [2.24, 2.45) is 0 Å². The van der Waals surface area contributed by atoms with Gasteiger partial charge in [0, 0.05) is 18.7 Å². The molecule has 0 aliphatic carbocycles. The lowest BCUT2D eigenvalue weighted by atomic mass is 10.3. The first-order valence-corrected chi connectivity index (χ1v) is 7.17. The summed E-state index contributed by atoms with van der Waals surface area (Å²) in [6.07, 6.45) is 1.54. The first kappa shape index (κ1) is 16.0. The molecule has 1 aromatic rings. The lowest BCUT2D eigenvalue weighted by Gasteiger charge is -2.10. The lowest BCUT2D eigenvalue weighted by Crippen LogP contribution is -2.46. The van der Waals surface area contributed by atoms with E-state index in [1.165, 1.54) is 18.2 Å². The van der Waals surface area contributed by atoms with Crippen molar-refractivity contribution in [1.29, 1.82) is 0 Å². The maximum Gasteiger partial charge on any atom is 0.270 e. The van der Waals surface area contributed by atoms with Crippen molar-refractivity contribution in [2.75, 3.05) is 6.54 Å². The zero-order valence-corrected chi connectivity index (χ0v) is 11.8. The van der Waals surface area contributed by atoms with Crippen LogP contribution in [0.1, 0.15) is 0 Å². The second-order valence-electron chi connectivity index (χ2n) is 3.48. The Morgan fingerprint density at radius 2 is 2.20 bits per heavy atom. The van der Waals surface area contributed by atoms with Crippen molar-refractivity contribution in [3.05, 3.63) is 47.0 Å². The third-order valence-electron chi connectivity index (χ3n) is 2.04. The Morgan fingerprint density at radius 3 is 2.80 bits per heavy atom. The molecule has 0 spiro atoms. The highest BCUT2D eigenvalue weighted by atomic mass is 32.2. The van der Waals surface area contributed by atoms with Gasteiger partial charge in [-0.2, -0.15) is 0 Å². The van der Waals surface area contributed by atoms with E-state index in [0.29, 0.717) is 6.54 Å². The Hall–Kier alpha value is -2.04. The van der Waals surface area contributed by atoms with Crippen LogP contribution in [-0.2, 0) is 10.0 Å². The summed E-state index contributed by atoms with van der Waals surface area (Å²) >= 11 is 4.80. The first-order valence-electron chi connectivity index (χ1n) is 5.28. The average molecular weight is 316 g/mol. The number of nitrogens with zero attached hydrogens (tertiary/aromatic N) is 1. The number of thiocarbonyl (C=S) groups is 1. The fraction of sp³-hybridized carbons (Fsp3) is 0.100. The van der Waals surface area contributed by atoms with Crippen LogP contribution in [0.5, 0.6) is 0 Å². The van der Waals surface area contributed by atoms with Gasteiger partial charge < -0.3 is 5.32 Å². The maximum atomic E-state index is 11.9. The molecule has 0 amide bonds. The molecule has 1 rings (SSSR count). The predicted octanol–water partition coefficient (Wildman–Crippen LogP) is 0.438. The van der Waals surface area contributed by atoms with Gasteiger partial charge in [-0.05, 0) is 18.3 Å². The van der Waals surface area contributed by atoms with Crippen molar-refractivity contribution in [3.8, 4) is 0 Å². The summed E-state index contributed by atoms with van der Waals surface area (Å²) in [7, 11) is -3.96. The number of hydrogen-bond donors (Lipinski definition) is 3. The number of sulfonamides is 1. The van der Waals surface area contributed by atoms with E-state index in [1.54, 1.807) is 6.08 Å². The van der Waals surface area contributed by atoms with Crippen molar-refractivity contribution in [3.63, 3.8) is 0 Å². The molecule has 0 aliphatic heterocycles. The Kier molecular flexibility index (Phi) is 5.55. The summed E-state index contributed by atoms with van der Waals surface area (Å²) in [5, 5.41) is 13.3. The minimum Gasteiger partial charge on any atom is -0.358 e. The summed E-state index contributed by atoms with van der Waals surface area (Å²) in [6, 6.07) is 4.66. The smallest absolute Gasteiger partial charge is 0.270 e. The Bertz CT molecular complexity index is 630. The van der Waals surface area contributed by atoms with Gasteiger partial charge in [0.1, 0.15) is 0 Å². The van der Waals surface area contributed by atoms with E-state index in [4.69, 9.17) is 12.2 Å². The van der Waals surface area contributed by atoms with Crippen LogP contribution in [0.15, 0.2) is 41.8 Å². The summed E-state index contributed by atoms with van der Waals surface area (Å²) in [5.74, 6) is 0. The monoisotopic (exact) mass is 316 g/mol. The summed E-state index contributed by atoms with van der Waals surface area (Å²) < 4.78 is 23.8. The first-order chi connectivity index (χ1) is 9.36. The summed E-state index contributed by atoms with van der Waals surface area (Å²) in [4.78, 5) is 11.7. The Balaban J connectivity index is 2.78. The van der Waals surface area contributed by atoms with Crippen LogP contribution in [0, 0.1) is 10.1 Å².